The normalized spacial score (nSPS) is 24.9. The van der Waals surface area contributed by atoms with Crippen molar-refractivity contribution in [3.63, 3.8) is 0 Å². The third-order valence-electron chi connectivity index (χ3n) is 6.26. The number of aliphatic hydroxyl groups is 1. The molecule has 142 valence electrons. The molecular weight excluding hydrogens is 360 g/mol. The Morgan fingerprint density at radius 2 is 2.19 bits per heavy atom. The molecule has 0 amide bonds. The predicted molar refractivity (Wildman–Crippen MR) is 109 cm³/mol. The van der Waals surface area contributed by atoms with Gasteiger partial charge in [0.15, 0.2) is 0 Å². The summed E-state index contributed by atoms with van der Waals surface area (Å²) in [7, 11) is 0. The number of hydrogen-bond donors (Lipinski definition) is 2. The Morgan fingerprint density at radius 3 is 3.04 bits per heavy atom. The molecule has 0 radical (unpaired) electrons. The van der Waals surface area contributed by atoms with Gasteiger partial charge in [-0.25, -0.2) is 0 Å². The first-order chi connectivity index (χ1) is 13.1. The first-order valence-electron chi connectivity index (χ1n) is 9.83. The maximum absolute atomic E-state index is 10.3. The van der Waals surface area contributed by atoms with Gasteiger partial charge in [0, 0.05) is 41.3 Å². The summed E-state index contributed by atoms with van der Waals surface area (Å²) in [6.45, 7) is 6.31. The zero-order chi connectivity index (χ0) is 18.5. The first-order valence-corrected chi connectivity index (χ1v) is 10.2. The second-order valence-electron chi connectivity index (χ2n) is 7.89. The number of ether oxygens (including phenoxy) is 1. The average molecular weight is 385 g/mol. The maximum atomic E-state index is 10.3. The Hall–Kier alpha value is -1.59. The zero-order valence-corrected chi connectivity index (χ0v) is 16.3. The quantitative estimate of drug-likeness (QED) is 0.825. The summed E-state index contributed by atoms with van der Waals surface area (Å²) in [6.07, 6.45) is 0.608. The van der Waals surface area contributed by atoms with Gasteiger partial charge < -0.3 is 20.1 Å². The van der Waals surface area contributed by atoms with Crippen molar-refractivity contribution in [2.24, 2.45) is 0 Å². The smallest absolute Gasteiger partial charge is 0.0768 e. The monoisotopic (exact) mass is 384 g/mol. The molecule has 3 atom stereocenters. The fraction of sp³-hybridized carbons (Fsp3) is 0.455. The van der Waals surface area contributed by atoms with Gasteiger partial charge in [-0.05, 0) is 66.4 Å². The summed E-state index contributed by atoms with van der Waals surface area (Å²) in [5.41, 5.74) is 7.15. The minimum Gasteiger partial charge on any atom is -0.389 e. The van der Waals surface area contributed by atoms with Gasteiger partial charge in [0.05, 0.1) is 19.3 Å². The van der Waals surface area contributed by atoms with Crippen LogP contribution in [-0.2, 0) is 11.3 Å². The summed E-state index contributed by atoms with van der Waals surface area (Å²) in [5.74, 6) is 0.521. The van der Waals surface area contributed by atoms with Crippen molar-refractivity contribution >= 4 is 17.3 Å². The van der Waals surface area contributed by atoms with Crippen molar-refractivity contribution in [1.29, 1.82) is 0 Å². The standard InChI is InChI=1S/C22H25ClN2O2/c1-13(26)18-10-16(23)2-3-17(18)14-8-15-12-27-7-6-25-21-4-5-24-11-20(21)19(9-14)22(15)25/h2-3,8-10,13,20-21,24,26H,4-7,11-12H2,1H3/t13?,20-,21-/m0/s1. The van der Waals surface area contributed by atoms with Crippen LogP contribution in [0.1, 0.15) is 42.1 Å². The Morgan fingerprint density at radius 1 is 1.30 bits per heavy atom. The molecule has 27 heavy (non-hydrogen) atoms. The summed E-state index contributed by atoms with van der Waals surface area (Å²) in [4.78, 5) is 2.59. The summed E-state index contributed by atoms with van der Waals surface area (Å²) < 4.78 is 5.92. The van der Waals surface area contributed by atoms with Crippen LogP contribution in [0.2, 0.25) is 5.02 Å². The minimum atomic E-state index is -0.567. The summed E-state index contributed by atoms with van der Waals surface area (Å²) in [5, 5.41) is 14.5. The fourth-order valence-electron chi connectivity index (χ4n) is 5.08. The van der Waals surface area contributed by atoms with Crippen molar-refractivity contribution < 1.29 is 9.84 Å². The molecule has 2 aromatic rings. The van der Waals surface area contributed by atoms with Gasteiger partial charge in [-0.2, -0.15) is 0 Å². The van der Waals surface area contributed by atoms with Gasteiger partial charge in [-0.3, -0.25) is 0 Å². The largest absolute Gasteiger partial charge is 0.389 e. The second-order valence-corrected chi connectivity index (χ2v) is 8.33. The van der Waals surface area contributed by atoms with E-state index in [4.69, 9.17) is 16.3 Å². The lowest BCUT2D eigenvalue weighted by Gasteiger charge is -2.33. The highest BCUT2D eigenvalue weighted by atomic mass is 35.5. The minimum absolute atomic E-state index is 0.521. The van der Waals surface area contributed by atoms with Crippen LogP contribution < -0.4 is 10.2 Å². The molecule has 5 rings (SSSR count). The Labute approximate surface area is 165 Å². The van der Waals surface area contributed by atoms with E-state index in [0.717, 1.165) is 42.9 Å². The van der Waals surface area contributed by atoms with E-state index >= 15 is 0 Å². The van der Waals surface area contributed by atoms with E-state index in [1.165, 1.54) is 23.2 Å². The number of benzene rings is 2. The van der Waals surface area contributed by atoms with E-state index in [-0.39, 0.29) is 0 Å². The number of piperidine rings is 1. The van der Waals surface area contributed by atoms with Crippen molar-refractivity contribution in [1.82, 2.24) is 5.32 Å². The topological polar surface area (TPSA) is 44.7 Å². The maximum Gasteiger partial charge on any atom is 0.0768 e. The van der Waals surface area contributed by atoms with Crippen LogP contribution in [-0.4, -0.2) is 37.4 Å². The SMILES string of the molecule is CC(O)c1cc(Cl)ccc1-c1cc2c3c(c1)[C@@H]1CNCC[C@@H]1N3CCOC2. The van der Waals surface area contributed by atoms with Gasteiger partial charge in [0.25, 0.3) is 0 Å². The van der Waals surface area contributed by atoms with E-state index < -0.39 is 6.10 Å². The highest BCUT2D eigenvalue weighted by Crippen LogP contribution is 2.48. The molecule has 3 aliphatic heterocycles. The highest BCUT2D eigenvalue weighted by molar-refractivity contribution is 6.30. The molecule has 2 aromatic carbocycles. The number of aliphatic hydroxyl groups excluding tert-OH is 1. The fourth-order valence-corrected chi connectivity index (χ4v) is 5.26. The number of fused-ring (bicyclic) bond motifs is 3. The van der Waals surface area contributed by atoms with E-state index in [1.807, 2.05) is 18.2 Å². The van der Waals surface area contributed by atoms with Gasteiger partial charge in [0.2, 0.25) is 0 Å². The van der Waals surface area contributed by atoms with E-state index in [0.29, 0.717) is 23.6 Å². The molecular formula is C22H25ClN2O2. The predicted octanol–water partition coefficient (Wildman–Crippen LogP) is 3.86. The Balaban J connectivity index is 1.69. The van der Waals surface area contributed by atoms with Gasteiger partial charge >= 0.3 is 0 Å². The van der Waals surface area contributed by atoms with E-state index in [2.05, 4.69) is 22.3 Å². The van der Waals surface area contributed by atoms with Gasteiger partial charge in [0.1, 0.15) is 0 Å². The number of anilines is 1. The number of rotatable bonds is 2. The van der Waals surface area contributed by atoms with Crippen molar-refractivity contribution in [3.05, 3.63) is 52.0 Å². The van der Waals surface area contributed by atoms with E-state index in [9.17, 15) is 5.11 Å². The number of halogens is 1. The number of nitrogens with zero attached hydrogens (tertiary/aromatic N) is 1. The van der Waals surface area contributed by atoms with Gasteiger partial charge in [-0.1, -0.05) is 17.7 Å². The molecule has 0 aliphatic carbocycles. The molecule has 3 heterocycles. The van der Waals surface area contributed by atoms with Crippen molar-refractivity contribution in [2.75, 3.05) is 31.1 Å². The molecule has 1 fully saturated rings. The average Bonchev–Trinajstić information content (AvgIpc) is 2.83. The first kappa shape index (κ1) is 17.5. The van der Waals surface area contributed by atoms with Crippen LogP contribution >= 0.6 is 11.6 Å². The Kier molecular flexibility index (Phi) is 4.40. The lowest BCUT2D eigenvalue weighted by molar-refractivity contribution is 0.130. The van der Waals surface area contributed by atoms with Crippen LogP contribution in [0.4, 0.5) is 5.69 Å². The van der Waals surface area contributed by atoms with Crippen LogP contribution in [0.15, 0.2) is 30.3 Å². The lowest BCUT2D eigenvalue weighted by Crippen LogP contribution is -2.44. The molecule has 3 aliphatic rings. The van der Waals surface area contributed by atoms with Crippen molar-refractivity contribution in [2.45, 2.75) is 38.0 Å². The molecule has 2 N–H and O–H groups in total. The van der Waals surface area contributed by atoms with Crippen LogP contribution in [0.5, 0.6) is 0 Å². The third-order valence-corrected chi connectivity index (χ3v) is 6.49. The van der Waals surface area contributed by atoms with E-state index in [1.54, 1.807) is 6.92 Å². The molecule has 5 heteroatoms. The molecule has 0 bridgehead atoms. The van der Waals surface area contributed by atoms with Crippen LogP contribution in [0.3, 0.4) is 0 Å². The summed E-state index contributed by atoms with van der Waals surface area (Å²) >= 11 is 6.20. The number of nitrogens with one attached hydrogen (secondary N) is 1. The van der Waals surface area contributed by atoms with Crippen LogP contribution in [0, 0.1) is 0 Å². The molecule has 0 saturated carbocycles. The highest BCUT2D eigenvalue weighted by Gasteiger charge is 2.41. The zero-order valence-electron chi connectivity index (χ0n) is 15.5. The molecule has 4 nitrogen and oxygen atoms in total. The van der Waals surface area contributed by atoms with Gasteiger partial charge in [-0.15, -0.1) is 0 Å². The van der Waals surface area contributed by atoms with Crippen molar-refractivity contribution in [3.8, 4) is 11.1 Å². The molecule has 1 saturated heterocycles. The molecule has 1 unspecified atom stereocenters. The number of hydrogen-bond acceptors (Lipinski definition) is 4. The summed E-state index contributed by atoms with van der Waals surface area (Å²) in [6, 6.07) is 11.0. The lowest BCUT2D eigenvalue weighted by atomic mass is 9.86. The molecule has 0 aromatic heterocycles. The molecule has 0 spiro atoms. The second kappa shape index (κ2) is 6.78. The third kappa shape index (κ3) is 2.87. The van der Waals surface area contributed by atoms with Crippen LogP contribution in [0.25, 0.3) is 11.1 Å². The Bertz CT molecular complexity index is 883.